The molecule has 1 aromatic heterocycles. The molecular formula is C10H15ClN2S. The predicted octanol–water partition coefficient (Wildman–Crippen LogP) is 2.84. The third kappa shape index (κ3) is 2.20. The third-order valence-corrected chi connectivity index (χ3v) is 3.92. The summed E-state index contributed by atoms with van der Waals surface area (Å²) in [4.78, 5) is 6.71. The first kappa shape index (κ1) is 10.2. The first-order valence-electron chi connectivity index (χ1n) is 5.00. The van der Waals surface area contributed by atoms with Crippen molar-refractivity contribution in [2.75, 3.05) is 23.9 Å². The van der Waals surface area contributed by atoms with Gasteiger partial charge in [0.1, 0.15) is 0 Å². The molecule has 0 spiro atoms. The van der Waals surface area contributed by atoms with Gasteiger partial charge in [0.25, 0.3) is 0 Å². The number of piperidine rings is 1. The quantitative estimate of drug-likeness (QED) is 0.727. The van der Waals surface area contributed by atoms with Crippen LogP contribution < -0.4 is 4.90 Å². The zero-order chi connectivity index (χ0) is 9.97. The Bertz CT molecular complexity index is 276. The predicted molar refractivity (Wildman–Crippen MR) is 62.3 cm³/mol. The number of alkyl halides is 1. The van der Waals surface area contributed by atoms with E-state index in [4.69, 9.17) is 11.6 Å². The van der Waals surface area contributed by atoms with E-state index in [1.54, 1.807) is 11.3 Å². The molecule has 0 radical (unpaired) electrons. The van der Waals surface area contributed by atoms with Crippen molar-refractivity contribution < 1.29 is 0 Å². The van der Waals surface area contributed by atoms with E-state index in [1.165, 1.54) is 6.42 Å². The second-order valence-electron chi connectivity index (χ2n) is 4.08. The SMILES string of the molecule is CC1CC(CCl)CN(c2nccs2)C1. The smallest absolute Gasteiger partial charge is 0.185 e. The molecule has 2 rings (SSSR count). The Morgan fingerprint density at radius 3 is 3.14 bits per heavy atom. The Kier molecular flexibility index (Phi) is 3.29. The lowest BCUT2D eigenvalue weighted by Crippen LogP contribution is -2.40. The van der Waals surface area contributed by atoms with Gasteiger partial charge in [-0.1, -0.05) is 6.92 Å². The molecule has 0 amide bonds. The summed E-state index contributed by atoms with van der Waals surface area (Å²) < 4.78 is 0. The summed E-state index contributed by atoms with van der Waals surface area (Å²) in [5, 5.41) is 3.18. The second-order valence-corrected chi connectivity index (χ2v) is 5.26. The fraction of sp³-hybridized carbons (Fsp3) is 0.700. The maximum Gasteiger partial charge on any atom is 0.185 e. The van der Waals surface area contributed by atoms with Crippen LogP contribution in [0.4, 0.5) is 5.13 Å². The minimum atomic E-state index is 0.629. The lowest BCUT2D eigenvalue weighted by atomic mass is 9.92. The molecule has 1 fully saturated rings. The molecule has 0 aliphatic carbocycles. The molecule has 1 aliphatic rings. The fourth-order valence-corrected chi connectivity index (χ4v) is 3.01. The van der Waals surface area contributed by atoms with Gasteiger partial charge in [-0.15, -0.1) is 22.9 Å². The largest absolute Gasteiger partial charge is 0.348 e. The van der Waals surface area contributed by atoms with Crippen LogP contribution in [0.3, 0.4) is 0 Å². The Balaban J connectivity index is 2.05. The summed E-state index contributed by atoms with van der Waals surface area (Å²) in [7, 11) is 0. The van der Waals surface area contributed by atoms with Crippen LogP contribution in [0.2, 0.25) is 0 Å². The number of nitrogens with zero attached hydrogens (tertiary/aromatic N) is 2. The minimum Gasteiger partial charge on any atom is -0.348 e. The van der Waals surface area contributed by atoms with E-state index in [-0.39, 0.29) is 0 Å². The Labute approximate surface area is 93.9 Å². The molecule has 1 saturated heterocycles. The van der Waals surface area contributed by atoms with Crippen LogP contribution in [0.5, 0.6) is 0 Å². The molecule has 2 atom stereocenters. The Morgan fingerprint density at radius 1 is 1.64 bits per heavy atom. The zero-order valence-electron chi connectivity index (χ0n) is 8.32. The van der Waals surface area contributed by atoms with Crippen LogP contribution in [0.25, 0.3) is 0 Å². The number of hydrogen-bond donors (Lipinski definition) is 0. The van der Waals surface area contributed by atoms with Crippen molar-refractivity contribution in [2.24, 2.45) is 11.8 Å². The maximum absolute atomic E-state index is 5.93. The number of anilines is 1. The Morgan fingerprint density at radius 2 is 2.50 bits per heavy atom. The van der Waals surface area contributed by atoms with Gasteiger partial charge in [0.15, 0.2) is 5.13 Å². The third-order valence-electron chi connectivity index (χ3n) is 2.65. The number of rotatable bonds is 2. The van der Waals surface area contributed by atoms with Gasteiger partial charge in [0, 0.05) is 30.5 Å². The average molecular weight is 231 g/mol. The summed E-state index contributed by atoms with van der Waals surface area (Å²) >= 11 is 7.64. The topological polar surface area (TPSA) is 16.1 Å². The van der Waals surface area contributed by atoms with Gasteiger partial charge in [-0.3, -0.25) is 0 Å². The van der Waals surface area contributed by atoms with Crippen molar-refractivity contribution in [1.82, 2.24) is 4.98 Å². The summed E-state index contributed by atoms with van der Waals surface area (Å²) in [6.45, 7) is 4.49. The van der Waals surface area contributed by atoms with Crippen LogP contribution in [0, 0.1) is 11.8 Å². The summed E-state index contributed by atoms with van der Waals surface area (Å²) in [6.07, 6.45) is 3.13. The van der Waals surface area contributed by atoms with Gasteiger partial charge in [0.2, 0.25) is 0 Å². The van der Waals surface area contributed by atoms with Gasteiger partial charge in [-0.2, -0.15) is 0 Å². The van der Waals surface area contributed by atoms with Crippen molar-refractivity contribution in [3.05, 3.63) is 11.6 Å². The number of hydrogen-bond acceptors (Lipinski definition) is 3. The molecule has 1 aliphatic heterocycles. The monoisotopic (exact) mass is 230 g/mol. The average Bonchev–Trinajstić information content (AvgIpc) is 2.69. The molecule has 2 heterocycles. The molecule has 0 aromatic carbocycles. The molecule has 4 heteroatoms. The van der Waals surface area contributed by atoms with Gasteiger partial charge < -0.3 is 4.90 Å². The summed E-state index contributed by atoms with van der Waals surface area (Å²) in [5.41, 5.74) is 0. The maximum atomic E-state index is 5.93. The molecule has 1 aromatic rings. The number of halogens is 1. The van der Waals surface area contributed by atoms with E-state index in [0.29, 0.717) is 5.92 Å². The van der Waals surface area contributed by atoms with Gasteiger partial charge >= 0.3 is 0 Å². The van der Waals surface area contributed by atoms with E-state index < -0.39 is 0 Å². The van der Waals surface area contributed by atoms with Crippen molar-refractivity contribution >= 4 is 28.1 Å². The molecule has 0 bridgehead atoms. The molecule has 14 heavy (non-hydrogen) atoms. The first-order chi connectivity index (χ1) is 6.79. The van der Waals surface area contributed by atoms with E-state index in [9.17, 15) is 0 Å². The molecule has 0 N–H and O–H groups in total. The highest BCUT2D eigenvalue weighted by atomic mass is 35.5. The lowest BCUT2D eigenvalue weighted by Gasteiger charge is -2.35. The normalized spacial score (nSPS) is 28.0. The fourth-order valence-electron chi connectivity index (χ4n) is 2.12. The number of thiazole rings is 1. The van der Waals surface area contributed by atoms with E-state index in [1.807, 2.05) is 11.6 Å². The van der Waals surface area contributed by atoms with Gasteiger partial charge in [-0.05, 0) is 18.3 Å². The van der Waals surface area contributed by atoms with Crippen LogP contribution in [-0.4, -0.2) is 24.0 Å². The van der Waals surface area contributed by atoms with Crippen LogP contribution >= 0.6 is 22.9 Å². The minimum absolute atomic E-state index is 0.629. The molecule has 78 valence electrons. The van der Waals surface area contributed by atoms with Crippen molar-refractivity contribution in [3.63, 3.8) is 0 Å². The lowest BCUT2D eigenvalue weighted by molar-refractivity contribution is 0.359. The summed E-state index contributed by atoms with van der Waals surface area (Å²) in [5.74, 6) is 2.13. The second kappa shape index (κ2) is 4.49. The molecular weight excluding hydrogens is 216 g/mol. The summed E-state index contributed by atoms with van der Waals surface area (Å²) in [6, 6.07) is 0. The van der Waals surface area contributed by atoms with E-state index in [2.05, 4.69) is 16.8 Å². The van der Waals surface area contributed by atoms with Crippen LogP contribution in [-0.2, 0) is 0 Å². The molecule has 2 nitrogen and oxygen atoms in total. The van der Waals surface area contributed by atoms with Crippen LogP contribution in [0.1, 0.15) is 13.3 Å². The highest BCUT2D eigenvalue weighted by molar-refractivity contribution is 7.13. The molecule has 2 unspecified atom stereocenters. The first-order valence-corrected chi connectivity index (χ1v) is 6.41. The Hall–Kier alpha value is -0.280. The molecule has 0 saturated carbocycles. The van der Waals surface area contributed by atoms with Crippen molar-refractivity contribution in [2.45, 2.75) is 13.3 Å². The highest BCUT2D eigenvalue weighted by Crippen LogP contribution is 2.28. The van der Waals surface area contributed by atoms with Crippen molar-refractivity contribution in [3.8, 4) is 0 Å². The van der Waals surface area contributed by atoms with E-state index >= 15 is 0 Å². The van der Waals surface area contributed by atoms with E-state index in [0.717, 1.165) is 30.0 Å². The number of aromatic nitrogens is 1. The van der Waals surface area contributed by atoms with Crippen molar-refractivity contribution in [1.29, 1.82) is 0 Å². The standard InChI is InChI=1S/C10H15ClN2S/c1-8-4-9(5-11)7-13(6-8)10-12-2-3-14-10/h2-3,8-9H,4-7H2,1H3. The van der Waals surface area contributed by atoms with Gasteiger partial charge in [-0.25, -0.2) is 4.98 Å². The zero-order valence-corrected chi connectivity index (χ0v) is 9.89. The van der Waals surface area contributed by atoms with Crippen LogP contribution in [0.15, 0.2) is 11.6 Å². The van der Waals surface area contributed by atoms with Gasteiger partial charge in [0.05, 0.1) is 0 Å². The highest BCUT2D eigenvalue weighted by Gasteiger charge is 2.25.